The molecule has 1 saturated heterocycles. The van der Waals surface area contributed by atoms with Gasteiger partial charge in [0.15, 0.2) is 0 Å². The van der Waals surface area contributed by atoms with E-state index in [1.165, 1.54) is 23.1 Å². The van der Waals surface area contributed by atoms with Crippen LogP contribution in [0.15, 0.2) is 42.5 Å². The van der Waals surface area contributed by atoms with E-state index in [4.69, 9.17) is 9.47 Å². The summed E-state index contributed by atoms with van der Waals surface area (Å²) in [5.74, 6) is 0.765. The second-order valence-corrected chi connectivity index (χ2v) is 11.0. The van der Waals surface area contributed by atoms with Crippen LogP contribution in [0.3, 0.4) is 0 Å². The summed E-state index contributed by atoms with van der Waals surface area (Å²) in [5.41, 5.74) is 5.16. The maximum Gasteiger partial charge on any atom is 0.251 e. The van der Waals surface area contributed by atoms with Crippen LogP contribution in [0.25, 0.3) is 0 Å². The molecule has 2 aromatic rings. The standard InChI is InChI=1S/C29H40N2O3/c1-29(2,3)14-15-30-19-21-6-7-24-18-25(11-8-23(24)17-21)31-28(32)22-9-12-26(13-10-22)34-20-27-5-4-16-33-27/h6-7,9-10,12-13,17,25,27,30H,4-5,8,11,14-16,18-20H2,1-3H3,(H,31,32)/t25-,27-/m0/s1. The Labute approximate surface area is 204 Å². The largest absolute Gasteiger partial charge is 0.491 e. The van der Waals surface area contributed by atoms with Crippen LogP contribution < -0.4 is 15.4 Å². The molecule has 1 aliphatic carbocycles. The first-order valence-electron chi connectivity index (χ1n) is 12.8. The van der Waals surface area contributed by atoms with Crippen LogP contribution in [0.4, 0.5) is 0 Å². The number of ether oxygens (including phenoxy) is 2. The van der Waals surface area contributed by atoms with Crippen molar-refractivity contribution in [2.75, 3.05) is 19.8 Å². The molecular formula is C29H40N2O3. The normalized spacial score (nSPS) is 20.1. The molecule has 2 atom stereocenters. The van der Waals surface area contributed by atoms with Gasteiger partial charge in [-0.25, -0.2) is 0 Å². The van der Waals surface area contributed by atoms with Crippen LogP contribution in [0.5, 0.6) is 5.75 Å². The average molecular weight is 465 g/mol. The highest BCUT2D eigenvalue weighted by Crippen LogP contribution is 2.24. The van der Waals surface area contributed by atoms with Crippen LogP contribution >= 0.6 is 0 Å². The maximum absolute atomic E-state index is 12.8. The van der Waals surface area contributed by atoms with Crippen molar-refractivity contribution >= 4 is 5.91 Å². The van der Waals surface area contributed by atoms with Crippen molar-refractivity contribution in [1.82, 2.24) is 10.6 Å². The van der Waals surface area contributed by atoms with Crippen molar-refractivity contribution in [3.8, 4) is 5.75 Å². The lowest BCUT2D eigenvalue weighted by atomic mass is 9.87. The zero-order valence-electron chi connectivity index (χ0n) is 21.0. The maximum atomic E-state index is 12.8. The Balaban J connectivity index is 1.23. The first-order valence-corrected chi connectivity index (χ1v) is 12.8. The summed E-state index contributed by atoms with van der Waals surface area (Å²) < 4.78 is 11.4. The number of fused-ring (bicyclic) bond motifs is 1. The third-order valence-corrected chi connectivity index (χ3v) is 6.79. The van der Waals surface area contributed by atoms with Gasteiger partial charge in [0.2, 0.25) is 0 Å². The van der Waals surface area contributed by atoms with E-state index >= 15 is 0 Å². The van der Waals surface area contributed by atoms with E-state index in [-0.39, 0.29) is 18.1 Å². The van der Waals surface area contributed by atoms with E-state index in [2.05, 4.69) is 49.6 Å². The predicted molar refractivity (Wildman–Crippen MR) is 136 cm³/mol. The molecule has 5 nitrogen and oxygen atoms in total. The number of amides is 1. The highest BCUT2D eigenvalue weighted by Gasteiger charge is 2.21. The van der Waals surface area contributed by atoms with Gasteiger partial charge in [-0.3, -0.25) is 4.79 Å². The fraction of sp³-hybridized carbons (Fsp3) is 0.552. The summed E-state index contributed by atoms with van der Waals surface area (Å²) in [7, 11) is 0. The Hall–Kier alpha value is -2.37. The first-order chi connectivity index (χ1) is 16.4. The molecule has 5 heteroatoms. The zero-order valence-corrected chi connectivity index (χ0v) is 21.0. The van der Waals surface area contributed by atoms with E-state index < -0.39 is 0 Å². The lowest BCUT2D eigenvalue weighted by molar-refractivity contribution is 0.0679. The van der Waals surface area contributed by atoms with Gasteiger partial charge in [0.25, 0.3) is 5.91 Å². The molecular weight excluding hydrogens is 424 g/mol. The lowest BCUT2D eigenvalue weighted by Gasteiger charge is -2.26. The van der Waals surface area contributed by atoms with E-state index in [1.807, 2.05) is 24.3 Å². The molecule has 34 heavy (non-hydrogen) atoms. The molecule has 1 heterocycles. The van der Waals surface area contributed by atoms with Crippen molar-refractivity contribution in [3.05, 3.63) is 64.7 Å². The van der Waals surface area contributed by atoms with Crippen molar-refractivity contribution in [2.24, 2.45) is 5.41 Å². The smallest absolute Gasteiger partial charge is 0.251 e. The van der Waals surface area contributed by atoms with E-state index in [1.54, 1.807) is 0 Å². The molecule has 0 spiro atoms. The lowest BCUT2D eigenvalue weighted by Crippen LogP contribution is -2.38. The van der Waals surface area contributed by atoms with E-state index in [0.717, 1.165) is 57.6 Å². The zero-order chi connectivity index (χ0) is 24.0. The monoisotopic (exact) mass is 464 g/mol. The molecule has 1 aliphatic heterocycles. The molecule has 4 rings (SSSR count). The SMILES string of the molecule is CC(C)(C)CCNCc1ccc2c(c1)CC[C@H](NC(=O)c1ccc(OC[C@@H]3CCCO3)cc1)C2. The Morgan fingerprint density at radius 2 is 1.91 bits per heavy atom. The van der Waals surface area contributed by atoms with Crippen molar-refractivity contribution in [2.45, 2.75) is 78.0 Å². The van der Waals surface area contributed by atoms with Gasteiger partial charge >= 0.3 is 0 Å². The third kappa shape index (κ3) is 7.31. The second kappa shape index (κ2) is 11.4. The van der Waals surface area contributed by atoms with Gasteiger partial charge in [-0.05, 0) is 91.4 Å². The van der Waals surface area contributed by atoms with Crippen molar-refractivity contribution in [3.63, 3.8) is 0 Å². The van der Waals surface area contributed by atoms with Crippen LogP contribution in [-0.4, -0.2) is 37.8 Å². The molecule has 1 amide bonds. The van der Waals surface area contributed by atoms with E-state index in [9.17, 15) is 4.79 Å². The van der Waals surface area contributed by atoms with Crippen LogP contribution in [0.2, 0.25) is 0 Å². The Morgan fingerprint density at radius 3 is 2.65 bits per heavy atom. The van der Waals surface area contributed by atoms with Gasteiger partial charge in [-0.2, -0.15) is 0 Å². The molecule has 0 bridgehead atoms. The van der Waals surface area contributed by atoms with Crippen LogP contribution in [0.1, 0.15) is 73.5 Å². The molecule has 0 saturated carbocycles. The quantitative estimate of drug-likeness (QED) is 0.510. The molecule has 0 aromatic heterocycles. The topological polar surface area (TPSA) is 59.6 Å². The highest BCUT2D eigenvalue weighted by atomic mass is 16.5. The van der Waals surface area contributed by atoms with Crippen molar-refractivity contribution in [1.29, 1.82) is 0 Å². The van der Waals surface area contributed by atoms with Gasteiger partial charge in [-0.15, -0.1) is 0 Å². The van der Waals surface area contributed by atoms with Crippen molar-refractivity contribution < 1.29 is 14.3 Å². The third-order valence-electron chi connectivity index (χ3n) is 6.79. The number of rotatable bonds is 9. The molecule has 0 radical (unpaired) electrons. The molecule has 2 aliphatic rings. The number of benzene rings is 2. The average Bonchev–Trinajstić information content (AvgIpc) is 3.34. The predicted octanol–water partition coefficient (Wildman–Crippen LogP) is 5.06. The Kier molecular flexibility index (Phi) is 8.28. The molecule has 0 unspecified atom stereocenters. The Bertz CT molecular complexity index is 943. The molecule has 184 valence electrons. The van der Waals surface area contributed by atoms with Gasteiger partial charge < -0.3 is 20.1 Å². The van der Waals surface area contributed by atoms with Gasteiger partial charge in [0, 0.05) is 24.8 Å². The first kappa shape index (κ1) is 24.7. The number of hydrogen-bond acceptors (Lipinski definition) is 4. The van der Waals surface area contributed by atoms with Gasteiger partial charge in [-0.1, -0.05) is 39.0 Å². The summed E-state index contributed by atoms with van der Waals surface area (Å²) in [6.07, 6.45) is 6.40. The number of carbonyl (C=O) groups is 1. The minimum atomic E-state index is -0.0150. The fourth-order valence-electron chi connectivity index (χ4n) is 4.67. The minimum absolute atomic E-state index is 0.0150. The summed E-state index contributed by atoms with van der Waals surface area (Å²) in [4.78, 5) is 12.8. The van der Waals surface area contributed by atoms with Crippen LogP contribution in [-0.2, 0) is 24.1 Å². The fourth-order valence-corrected chi connectivity index (χ4v) is 4.67. The Morgan fingerprint density at radius 1 is 1.09 bits per heavy atom. The summed E-state index contributed by atoms with van der Waals surface area (Å²) in [5, 5.41) is 6.80. The number of nitrogens with one attached hydrogen (secondary N) is 2. The molecule has 2 aromatic carbocycles. The van der Waals surface area contributed by atoms with Gasteiger partial charge in [0.1, 0.15) is 12.4 Å². The second-order valence-electron chi connectivity index (χ2n) is 11.0. The molecule has 1 fully saturated rings. The number of hydrogen-bond donors (Lipinski definition) is 2. The minimum Gasteiger partial charge on any atom is -0.491 e. The van der Waals surface area contributed by atoms with E-state index in [0.29, 0.717) is 17.6 Å². The van der Waals surface area contributed by atoms with Crippen LogP contribution in [0, 0.1) is 5.41 Å². The summed E-state index contributed by atoms with van der Waals surface area (Å²) >= 11 is 0. The van der Waals surface area contributed by atoms with Gasteiger partial charge in [0.05, 0.1) is 6.10 Å². The summed E-state index contributed by atoms with van der Waals surface area (Å²) in [6, 6.07) is 14.4. The number of aryl methyl sites for hydroxylation is 1. The molecule has 2 N–H and O–H groups in total. The summed E-state index contributed by atoms with van der Waals surface area (Å²) in [6.45, 7) is 10.2. The highest BCUT2D eigenvalue weighted by molar-refractivity contribution is 5.94. The number of carbonyl (C=O) groups excluding carboxylic acids is 1.